The van der Waals surface area contributed by atoms with Gasteiger partial charge in [-0.1, -0.05) is 36.8 Å². The third kappa shape index (κ3) is 3.24. The number of aromatic nitrogens is 2. The molecule has 0 spiro atoms. The molecule has 0 radical (unpaired) electrons. The molecule has 0 amide bonds. The minimum absolute atomic E-state index is 0.230. The number of nitrogens with one attached hydrogen (secondary N) is 1. The van der Waals surface area contributed by atoms with E-state index in [1.54, 1.807) is 0 Å². The maximum atomic E-state index is 4.46. The molecule has 1 aromatic carbocycles. The fourth-order valence-electron chi connectivity index (χ4n) is 2.45. The van der Waals surface area contributed by atoms with Crippen LogP contribution in [-0.4, -0.2) is 16.3 Å². The summed E-state index contributed by atoms with van der Waals surface area (Å²) in [7, 11) is 1.98. The Morgan fingerprint density at radius 1 is 1.32 bits per heavy atom. The van der Waals surface area contributed by atoms with Crippen LogP contribution in [0.25, 0.3) is 0 Å². The van der Waals surface area contributed by atoms with Crippen LogP contribution in [0, 0.1) is 13.8 Å². The summed E-state index contributed by atoms with van der Waals surface area (Å²) in [5.74, 6) is 0. The van der Waals surface area contributed by atoms with Gasteiger partial charge in [0.25, 0.3) is 0 Å². The number of benzene rings is 1. The van der Waals surface area contributed by atoms with Crippen molar-refractivity contribution >= 4 is 0 Å². The topological polar surface area (TPSA) is 29.9 Å². The lowest BCUT2D eigenvalue weighted by Crippen LogP contribution is -2.23. The third-order valence-corrected chi connectivity index (χ3v) is 3.34. The van der Waals surface area contributed by atoms with Gasteiger partial charge in [-0.15, -0.1) is 0 Å². The lowest BCUT2D eigenvalue weighted by atomic mass is 9.98. The van der Waals surface area contributed by atoms with Crippen molar-refractivity contribution in [3.05, 3.63) is 52.8 Å². The average Bonchev–Trinajstić information content (AvgIpc) is 2.69. The quantitative estimate of drug-likeness (QED) is 0.892. The van der Waals surface area contributed by atoms with E-state index in [1.807, 2.05) is 11.7 Å². The monoisotopic (exact) mass is 257 g/mol. The maximum absolute atomic E-state index is 4.46. The van der Waals surface area contributed by atoms with Crippen molar-refractivity contribution in [2.45, 2.75) is 33.2 Å². The first kappa shape index (κ1) is 13.8. The van der Waals surface area contributed by atoms with Gasteiger partial charge in [-0.2, -0.15) is 5.10 Å². The fourth-order valence-corrected chi connectivity index (χ4v) is 2.45. The second-order valence-electron chi connectivity index (χ2n) is 5.14. The molecular weight excluding hydrogens is 234 g/mol. The van der Waals surface area contributed by atoms with Crippen molar-refractivity contribution in [1.29, 1.82) is 0 Å². The SMILES string of the molecule is CCCNC(c1cccc(C)c1)c1cn(C)nc1C. The molecule has 0 fully saturated rings. The zero-order chi connectivity index (χ0) is 13.8. The van der Waals surface area contributed by atoms with Crippen LogP contribution in [0.2, 0.25) is 0 Å². The number of hydrogen-bond donors (Lipinski definition) is 1. The van der Waals surface area contributed by atoms with Gasteiger partial charge in [0.15, 0.2) is 0 Å². The van der Waals surface area contributed by atoms with Gasteiger partial charge in [-0.3, -0.25) is 4.68 Å². The van der Waals surface area contributed by atoms with Gasteiger partial charge in [-0.25, -0.2) is 0 Å². The molecule has 1 unspecified atom stereocenters. The molecule has 0 aliphatic heterocycles. The van der Waals surface area contributed by atoms with Crippen LogP contribution >= 0.6 is 0 Å². The van der Waals surface area contributed by atoms with Crippen LogP contribution in [0.1, 0.15) is 41.8 Å². The van der Waals surface area contributed by atoms with E-state index in [-0.39, 0.29) is 6.04 Å². The van der Waals surface area contributed by atoms with Crippen molar-refractivity contribution in [2.75, 3.05) is 6.54 Å². The van der Waals surface area contributed by atoms with Gasteiger partial charge >= 0.3 is 0 Å². The molecule has 0 bridgehead atoms. The highest BCUT2D eigenvalue weighted by molar-refractivity contribution is 5.34. The van der Waals surface area contributed by atoms with Crippen molar-refractivity contribution < 1.29 is 0 Å². The molecule has 19 heavy (non-hydrogen) atoms. The summed E-state index contributed by atoms with van der Waals surface area (Å²) in [5, 5.41) is 8.09. The summed E-state index contributed by atoms with van der Waals surface area (Å²) in [5.41, 5.74) is 4.96. The first-order valence-corrected chi connectivity index (χ1v) is 6.92. The highest BCUT2D eigenvalue weighted by Crippen LogP contribution is 2.24. The largest absolute Gasteiger partial charge is 0.306 e. The average molecular weight is 257 g/mol. The maximum Gasteiger partial charge on any atom is 0.0644 e. The number of rotatable bonds is 5. The van der Waals surface area contributed by atoms with E-state index in [9.17, 15) is 0 Å². The Morgan fingerprint density at radius 2 is 2.11 bits per heavy atom. The van der Waals surface area contributed by atoms with Gasteiger partial charge in [0, 0.05) is 18.8 Å². The molecule has 1 N–H and O–H groups in total. The highest BCUT2D eigenvalue weighted by atomic mass is 15.3. The second kappa shape index (κ2) is 6.02. The van der Waals surface area contributed by atoms with Crippen molar-refractivity contribution in [1.82, 2.24) is 15.1 Å². The number of hydrogen-bond acceptors (Lipinski definition) is 2. The van der Waals surface area contributed by atoms with Crippen molar-refractivity contribution in [3.8, 4) is 0 Å². The molecular formula is C16H23N3. The molecule has 1 atom stereocenters. The Labute approximate surface area is 115 Å². The van der Waals surface area contributed by atoms with E-state index in [0.29, 0.717) is 0 Å². The molecule has 2 aromatic rings. The van der Waals surface area contributed by atoms with Crippen LogP contribution in [-0.2, 0) is 7.05 Å². The molecule has 0 saturated heterocycles. The molecule has 0 saturated carbocycles. The van der Waals surface area contributed by atoms with Gasteiger partial charge in [-0.05, 0) is 32.4 Å². The highest BCUT2D eigenvalue weighted by Gasteiger charge is 2.17. The normalized spacial score (nSPS) is 12.6. The molecule has 2 rings (SSSR count). The van der Waals surface area contributed by atoms with Crippen LogP contribution in [0.3, 0.4) is 0 Å². The Bertz CT molecular complexity index is 543. The van der Waals surface area contributed by atoms with E-state index in [2.05, 4.69) is 61.6 Å². The van der Waals surface area contributed by atoms with Crippen LogP contribution in [0.5, 0.6) is 0 Å². The summed E-state index contributed by atoms with van der Waals surface area (Å²) >= 11 is 0. The van der Waals surface area contributed by atoms with E-state index >= 15 is 0 Å². The second-order valence-corrected chi connectivity index (χ2v) is 5.14. The molecule has 3 nitrogen and oxygen atoms in total. The van der Waals surface area contributed by atoms with Gasteiger partial charge in [0.1, 0.15) is 0 Å². The molecule has 102 valence electrons. The van der Waals surface area contributed by atoms with Gasteiger partial charge in [0.2, 0.25) is 0 Å². The first-order chi connectivity index (χ1) is 9.11. The molecule has 1 heterocycles. The summed E-state index contributed by atoms with van der Waals surface area (Å²) in [6.45, 7) is 7.41. The predicted molar refractivity (Wildman–Crippen MR) is 79.3 cm³/mol. The van der Waals surface area contributed by atoms with Crippen LogP contribution in [0.15, 0.2) is 30.5 Å². The number of aryl methyl sites for hydroxylation is 3. The van der Waals surface area contributed by atoms with E-state index in [1.165, 1.54) is 16.7 Å². The minimum atomic E-state index is 0.230. The van der Waals surface area contributed by atoms with Crippen molar-refractivity contribution in [2.24, 2.45) is 7.05 Å². The summed E-state index contributed by atoms with van der Waals surface area (Å²) < 4.78 is 1.89. The lowest BCUT2D eigenvalue weighted by molar-refractivity contribution is 0.596. The van der Waals surface area contributed by atoms with E-state index in [4.69, 9.17) is 0 Å². The Hall–Kier alpha value is -1.61. The zero-order valence-electron chi connectivity index (χ0n) is 12.3. The zero-order valence-corrected chi connectivity index (χ0v) is 12.3. The fraction of sp³-hybridized carbons (Fsp3) is 0.438. The van der Waals surface area contributed by atoms with Crippen molar-refractivity contribution in [3.63, 3.8) is 0 Å². The Kier molecular flexibility index (Phi) is 4.38. The molecule has 0 aliphatic rings. The molecule has 3 heteroatoms. The predicted octanol–water partition coefficient (Wildman–Crippen LogP) is 3.13. The van der Waals surface area contributed by atoms with Gasteiger partial charge < -0.3 is 5.32 Å². The lowest BCUT2D eigenvalue weighted by Gasteiger charge is -2.19. The Morgan fingerprint density at radius 3 is 2.68 bits per heavy atom. The smallest absolute Gasteiger partial charge is 0.0644 e. The first-order valence-electron chi connectivity index (χ1n) is 6.92. The summed E-state index contributed by atoms with van der Waals surface area (Å²) in [6.07, 6.45) is 3.24. The Balaban J connectivity index is 2.38. The summed E-state index contributed by atoms with van der Waals surface area (Å²) in [6, 6.07) is 8.92. The standard InChI is InChI=1S/C16H23N3/c1-5-9-17-16(14-8-6-7-12(2)10-14)15-11-19(4)18-13(15)3/h6-8,10-11,16-17H,5,9H2,1-4H3. The van der Waals surface area contributed by atoms with Crippen LogP contribution in [0.4, 0.5) is 0 Å². The van der Waals surface area contributed by atoms with E-state index in [0.717, 1.165) is 18.7 Å². The number of nitrogens with zero attached hydrogens (tertiary/aromatic N) is 2. The molecule has 0 aliphatic carbocycles. The molecule has 1 aromatic heterocycles. The van der Waals surface area contributed by atoms with Crippen LogP contribution < -0.4 is 5.32 Å². The third-order valence-electron chi connectivity index (χ3n) is 3.34. The van der Waals surface area contributed by atoms with Gasteiger partial charge in [0.05, 0.1) is 11.7 Å². The van der Waals surface area contributed by atoms with E-state index < -0.39 is 0 Å². The minimum Gasteiger partial charge on any atom is -0.306 e. The summed E-state index contributed by atoms with van der Waals surface area (Å²) in [4.78, 5) is 0.